The Balaban J connectivity index is 1.82. The maximum absolute atomic E-state index is 13.9. The number of nitrogens with one attached hydrogen (secondary N) is 1. The summed E-state index contributed by atoms with van der Waals surface area (Å²) in [4.78, 5) is 16.0. The van der Waals surface area contributed by atoms with Crippen molar-refractivity contribution in [2.45, 2.75) is 6.54 Å². The van der Waals surface area contributed by atoms with E-state index in [-0.39, 0.29) is 18.4 Å². The summed E-state index contributed by atoms with van der Waals surface area (Å²) in [5, 5.41) is 7.44. The lowest BCUT2D eigenvalue weighted by Gasteiger charge is -2.20. The van der Waals surface area contributed by atoms with E-state index < -0.39 is 0 Å². The molecule has 2 amide bonds. The number of anilines is 1. The van der Waals surface area contributed by atoms with Gasteiger partial charge in [-0.2, -0.15) is 0 Å². The second-order valence-corrected chi connectivity index (χ2v) is 6.10. The number of benzene rings is 2. The van der Waals surface area contributed by atoms with Gasteiger partial charge in [0.25, 0.3) is 0 Å². The van der Waals surface area contributed by atoms with Crippen LogP contribution >= 0.6 is 0 Å². The molecule has 0 aliphatic carbocycles. The van der Waals surface area contributed by atoms with Crippen LogP contribution in [0.25, 0.3) is 5.57 Å². The number of halogens is 1. The Bertz CT molecular complexity index is 897. The number of allylic oxidation sites excluding steroid dienone is 1. The number of methoxy groups -OCH3 is 1. The van der Waals surface area contributed by atoms with Crippen molar-refractivity contribution in [3.05, 3.63) is 65.6 Å². The highest BCUT2D eigenvalue weighted by Gasteiger charge is 2.30. The number of rotatable bonds is 6. The first-order valence-electron chi connectivity index (χ1n) is 8.49. The van der Waals surface area contributed by atoms with Gasteiger partial charge in [0, 0.05) is 54.0 Å². The Morgan fingerprint density at radius 2 is 2.07 bits per heavy atom. The minimum atomic E-state index is -0.317. The van der Waals surface area contributed by atoms with E-state index in [0.717, 1.165) is 6.21 Å². The lowest BCUT2D eigenvalue weighted by molar-refractivity contribution is 0.218. The second kappa shape index (κ2) is 7.90. The normalized spacial score (nSPS) is 14.6. The molecule has 27 heavy (non-hydrogen) atoms. The molecule has 1 heterocycles. The fourth-order valence-corrected chi connectivity index (χ4v) is 3.10. The summed E-state index contributed by atoms with van der Waals surface area (Å²) in [7, 11) is 1.52. The number of hydrogen-bond donors (Lipinski definition) is 2. The molecule has 1 aliphatic rings. The minimum absolute atomic E-state index is 0.185. The number of amides is 2. The molecule has 0 bridgehead atoms. The van der Waals surface area contributed by atoms with Crippen LogP contribution in [0.1, 0.15) is 11.1 Å². The quantitative estimate of drug-likeness (QED) is 0.768. The van der Waals surface area contributed by atoms with Crippen LogP contribution in [-0.2, 0) is 6.54 Å². The van der Waals surface area contributed by atoms with E-state index in [9.17, 15) is 9.18 Å². The van der Waals surface area contributed by atoms with Gasteiger partial charge in [0.1, 0.15) is 11.6 Å². The Morgan fingerprint density at radius 1 is 1.30 bits per heavy atom. The van der Waals surface area contributed by atoms with Crippen LogP contribution in [0.3, 0.4) is 0 Å². The predicted molar refractivity (Wildman–Crippen MR) is 103 cm³/mol. The molecule has 3 N–H and O–H groups in total. The first-order valence-corrected chi connectivity index (χ1v) is 8.49. The van der Waals surface area contributed by atoms with Crippen LogP contribution < -0.4 is 15.4 Å². The van der Waals surface area contributed by atoms with E-state index in [1.807, 2.05) is 0 Å². The van der Waals surface area contributed by atoms with Crippen molar-refractivity contribution in [2.24, 2.45) is 5.73 Å². The van der Waals surface area contributed by atoms with Crippen molar-refractivity contribution in [1.82, 2.24) is 4.90 Å². The van der Waals surface area contributed by atoms with E-state index in [2.05, 4.69) is 0 Å². The minimum Gasteiger partial charge on any atom is -0.496 e. The Hall–Kier alpha value is -3.35. The molecule has 6 nitrogen and oxygen atoms in total. The number of carbonyl (C=O) groups excluding carboxylic acids is 1. The average molecular weight is 368 g/mol. The zero-order chi connectivity index (χ0) is 19.4. The SMILES string of the molecule is COc1cc(N2CCN(Cc3ccccc3F)C2=O)ccc1/C(C=N)=C/N. The van der Waals surface area contributed by atoms with Gasteiger partial charge in [-0.3, -0.25) is 4.90 Å². The van der Waals surface area contributed by atoms with E-state index in [0.29, 0.717) is 41.2 Å². The van der Waals surface area contributed by atoms with Gasteiger partial charge in [-0.1, -0.05) is 18.2 Å². The predicted octanol–water partition coefficient (Wildman–Crippen LogP) is 3.23. The molecule has 1 fully saturated rings. The summed E-state index contributed by atoms with van der Waals surface area (Å²) in [5.41, 5.74) is 7.92. The molecule has 0 unspecified atom stereocenters. The lowest BCUT2D eigenvalue weighted by Crippen LogP contribution is -2.31. The van der Waals surface area contributed by atoms with Gasteiger partial charge in [0.05, 0.1) is 13.7 Å². The molecule has 0 spiro atoms. The highest BCUT2D eigenvalue weighted by atomic mass is 19.1. The Kier molecular flexibility index (Phi) is 5.40. The molecule has 0 aromatic heterocycles. The number of urea groups is 1. The molecular weight excluding hydrogens is 347 g/mol. The van der Waals surface area contributed by atoms with Crippen molar-refractivity contribution in [3.63, 3.8) is 0 Å². The maximum atomic E-state index is 13.9. The maximum Gasteiger partial charge on any atom is 0.324 e. The highest BCUT2D eigenvalue weighted by Crippen LogP contribution is 2.31. The first kappa shape index (κ1) is 18.4. The van der Waals surface area contributed by atoms with Gasteiger partial charge in [-0.25, -0.2) is 9.18 Å². The lowest BCUT2D eigenvalue weighted by atomic mass is 10.1. The molecule has 0 saturated carbocycles. The third kappa shape index (κ3) is 3.62. The van der Waals surface area contributed by atoms with Crippen molar-refractivity contribution in [2.75, 3.05) is 25.1 Å². The van der Waals surface area contributed by atoms with Crippen molar-refractivity contribution in [3.8, 4) is 5.75 Å². The first-order chi connectivity index (χ1) is 13.1. The van der Waals surface area contributed by atoms with Crippen molar-refractivity contribution in [1.29, 1.82) is 5.41 Å². The van der Waals surface area contributed by atoms with Gasteiger partial charge < -0.3 is 20.8 Å². The fourth-order valence-electron chi connectivity index (χ4n) is 3.10. The average Bonchev–Trinajstić information content (AvgIpc) is 3.05. The van der Waals surface area contributed by atoms with Gasteiger partial charge in [0.2, 0.25) is 0 Å². The zero-order valence-electron chi connectivity index (χ0n) is 15.0. The van der Waals surface area contributed by atoms with Gasteiger partial charge >= 0.3 is 6.03 Å². The third-order valence-electron chi connectivity index (χ3n) is 4.56. The van der Waals surface area contributed by atoms with Crippen molar-refractivity contribution < 1.29 is 13.9 Å². The van der Waals surface area contributed by atoms with Crippen LogP contribution in [0.2, 0.25) is 0 Å². The molecule has 7 heteroatoms. The molecule has 1 saturated heterocycles. The molecule has 2 aromatic carbocycles. The summed E-state index contributed by atoms with van der Waals surface area (Å²) in [5.74, 6) is 0.204. The zero-order valence-corrected chi connectivity index (χ0v) is 15.0. The smallest absolute Gasteiger partial charge is 0.324 e. The summed E-state index contributed by atoms with van der Waals surface area (Å²) >= 11 is 0. The van der Waals surface area contributed by atoms with Crippen LogP contribution in [-0.4, -0.2) is 37.3 Å². The van der Waals surface area contributed by atoms with Gasteiger partial charge in [-0.15, -0.1) is 0 Å². The second-order valence-electron chi connectivity index (χ2n) is 6.10. The summed E-state index contributed by atoms with van der Waals surface area (Å²) in [6, 6.07) is 11.6. The van der Waals surface area contributed by atoms with E-state index in [4.69, 9.17) is 15.9 Å². The standard InChI is InChI=1S/C20H21FN4O2/c1-27-19-10-16(6-7-17(19)15(11-22)12-23)25-9-8-24(20(25)26)13-14-4-2-3-5-18(14)21/h2-7,10-12,22H,8-9,13,23H2,1H3/b15-12+,22-11?. The number of nitrogens with zero attached hydrogens (tertiary/aromatic N) is 2. The Labute approximate surface area is 157 Å². The summed E-state index contributed by atoms with van der Waals surface area (Å²) < 4.78 is 19.3. The monoisotopic (exact) mass is 368 g/mol. The van der Waals surface area contributed by atoms with Crippen molar-refractivity contribution >= 4 is 23.5 Å². The largest absolute Gasteiger partial charge is 0.496 e. The van der Waals surface area contributed by atoms with Gasteiger partial charge in [0.15, 0.2) is 0 Å². The van der Waals surface area contributed by atoms with Crippen LogP contribution in [0.15, 0.2) is 48.7 Å². The summed E-state index contributed by atoms with van der Waals surface area (Å²) in [6.07, 6.45) is 2.48. The fraction of sp³-hybridized carbons (Fsp3) is 0.200. The number of nitrogens with two attached hydrogens (primary N) is 1. The van der Waals surface area contributed by atoms with E-state index in [1.54, 1.807) is 46.2 Å². The van der Waals surface area contributed by atoms with Gasteiger partial charge in [-0.05, 0) is 18.2 Å². The van der Waals surface area contributed by atoms with Crippen LogP contribution in [0, 0.1) is 11.2 Å². The van der Waals surface area contributed by atoms with Crippen LogP contribution in [0.4, 0.5) is 14.9 Å². The Morgan fingerprint density at radius 3 is 2.74 bits per heavy atom. The molecule has 0 radical (unpaired) electrons. The van der Waals surface area contributed by atoms with Crippen LogP contribution in [0.5, 0.6) is 5.75 Å². The summed E-state index contributed by atoms with van der Waals surface area (Å²) in [6.45, 7) is 1.23. The number of ether oxygens (including phenoxy) is 1. The molecule has 3 rings (SSSR count). The number of carbonyl (C=O) groups is 1. The molecule has 140 valence electrons. The molecular formula is C20H21FN4O2. The number of hydrogen-bond acceptors (Lipinski definition) is 4. The molecule has 1 aliphatic heterocycles. The van der Waals surface area contributed by atoms with E-state index >= 15 is 0 Å². The van der Waals surface area contributed by atoms with E-state index in [1.165, 1.54) is 19.4 Å². The molecule has 2 aromatic rings. The molecule has 0 atom stereocenters. The topological polar surface area (TPSA) is 82.7 Å². The highest BCUT2D eigenvalue weighted by molar-refractivity contribution is 6.09. The third-order valence-corrected chi connectivity index (χ3v) is 4.56.